The molecule has 0 aliphatic carbocycles. The fraction of sp³-hybridized carbons (Fsp3) is 0.263. The number of hydrogen-bond acceptors (Lipinski definition) is 4. The third-order valence-corrected chi connectivity index (χ3v) is 3.42. The monoisotopic (exact) mass is 341 g/mol. The molecule has 0 aromatic heterocycles. The van der Waals surface area contributed by atoms with Gasteiger partial charge in [-0.25, -0.2) is 0 Å². The lowest BCUT2D eigenvalue weighted by molar-refractivity contribution is -0.120. The van der Waals surface area contributed by atoms with Gasteiger partial charge in [0.15, 0.2) is 6.61 Å². The van der Waals surface area contributed by atoms with Gasteiger partial charge >= 0.3 is 0 Å². The van der Waals surface area contributed by atoms with E-state index in [0.717, 1.165) is 5.69 Å². The van der Waals surface area contributed by atoms with Gasteiger partial charge in [0.05, 0.1) is 0 Å². The fourth-order valence-electron chi connectivity index (χ4n) is 2.41. The molecule has 0 fully saturated rings. The van der Waals surface area contributed by atoms with Crippen LogP contribution in [0.1, 0.15) is 17.5 Å². The van der Waals surface area contributed by atoms with Crippen LogP contribution in [0.4, 0.5) is 11.4 Å². The Morgan fingerprint density at radius 3 is 2.24 bits per heavy atom. The van der Waals surface area contributed by atoms with E-state index in [-0.39, 0.29) is 12.5 Å². The first-order chi connectivity index (χ1) is 11.9. The summed E-state index contributed by atoms with van der Waals surface area (Å²) in [5.41, 5.74) is 9.07. The molecule has 0 atom stereocenters. The number of nitrogens with two attached hydrogens (primary N) is 1. The SMILES string of the molecule is Cc1cc(C)cc(NCCC(=O)Nc2ccc(OCC(N)=O)cc2)c1. The quantitative estimate of drug-likeness (QED) is 0.688. The molecule has 2 aromatic carbocycles. The van der Waals surface area contributed by atoms with E-state index < -0.39 is 5.91 Å². The zero-order valence-corrected chi connectivity index (χ0v) is 14.5. The smallest absolute Gasteiger partial charge is 0.255 e. The van der Waals surface area contributed by atoms with Crippen LogP contribution in [0.2, 0.25) is 0 Å². The molecular formula is C19H23N3O3. The van der Waals surface area contributed by atoms with Crippen molar-refractivity contribution < 1.29 is 14.3 Å². The number of aryl methyl sites for hydroxylation is 2. The van der Waals surface area contributed by atoms with Crippen LogP contribution in [0.5, 0.6) is 5.75 Å². The van der Waals surface area contributed by atoms with E-state index in [1.807, 2.05) is 13.8 Å². The zero-order valence-electron chi connectivity index (χ0n) is 14.5. The molecule has 2 rings (SSSR count). The van der Waals surface area contributed by atoms with Crippen molar-refractivity contribution in [1.29, 1.82) is 0 Å². The Bertz CT molecular complexity index is 722. The number of anilines is 2. The molecule has 6 heteroatoms. The average molecular weight is 341 g/mol. The molecule has 0 saturated carbocycles. The maximum atomic E-state index is 12.0. The molecular weight excluding hydrogens is 318 g/mol. The Balaban J connectivity index is 1.77. The molecule has 25 heavy (non-hydrogen) atoms. The van der Waals surface area contributed by atoms with Crippen molar-refractivity contribution in [2.45, 2.75) is 20.3 Å². The number of hydrogen-bond donors (Lipinski definition) is 3. The molecule has 6 nitrogen and oxygen atoms in total. The van der Waals surface area contributed by atoms with E-state index in [1.54, 1.807) is 24.3 Å². The van der Waals surface area contributed by atoms with Gasteiger partial charge in [-0.2, -0.15) is 0 Å². The number of rotatable bonds is 8. The molecule has 0 radical (unpaired) electrons. The standard InChI is InChI=1S/C19H23N3O3/c1-13-9-14(2)11-16(10-13)21-8-7-19(24)22-15-3-5-17(6-4-15)25-12-18(20)23/h3-6,9-11,21H,7-8,12H2,1-2H3,(H2,20,23)(H,22,24). The maximum Gasteiger partial charge on any atom is 0.255 e. The van der Waals surface area contributed by atoms with Crippen LogP contribution in [0.15, 0.2) is 42.5 Å². The van der Waals surface area contributed by atoms with Crippen LogP contribution in [0.3, 0.4) is 0 Å². The van der Waals surface area contributed by atoms with Crippen molar-refractivity contribution in [3.8, 4) is 5.75 Å². The van der Waals surface area contributed by atoms with Gasteiger partial charge in [-0.3, -0.25) is 9.59 Å². The summed E-state index contributed by atoms with van der Waals surface area (Å²) in [6.45, 7) is 4.47. The highest BCUT2D eigenvalue weighted by molar-refractivity contribution is 5.91. The lowest BCUT2D eigenvalue weighted by atomic mass is 10.1. The minimum absolute atomic E-state index is 0.0809. The highest BCUT2D eigenvalue weighted by atomic mass is 16.5. The predicted octanol–water partition coefficient (Wildman–Crippen LogP) is 2.61. The predicted molar refractivity (Wildman–Crippen MR) is 98.8 cm³/mol. The van der Waals surface area contributed by atoms with Crippen molar-refractivity contribution in [1.82, 2.24) is 0 Å². The summed E-state index contributed by atoms with van der Waals surface area (Å²) >= 11 is 0. The van der Waals surface area contributed by atoms with Crippen LogP contribution in [-0.4, -0.2) is 25.0 Å². The van der Waals surface area contributed by atoms with Gasteiger partial charge in [-0.05, 0) is 61.4 Å². The van der Waals surface area contributed by atoms with Gasteiger partial charge in [0, 0.05) is 24.3 Å². The molecule has 0 spiro atoms. The minimum atomic E-state index is -0.534. The second-order valence-corrected chi connectivity index (χ2v) is 5.88. The molecule has 132 valence electrons. The third kappa shape index (κ3) is 6.55. The lowest BCUT2D eigenvalue weighted by Crippen LogP contribution is -2.20. The number of nitrogens with one attached hydrogen (secondary N) is 2. The molecule has 4 N–H and O–H groups in total. The van der Waals surface area contributed by atoms with E-state index in [2.05, 4.69) is 28.8 Å². The normalized spacial score (nSPS) is 10.2. The first-order valence-electron chi connectivity index (χ1n) is 8.05. The van der Waals surface area contributed by atoms with Gasteiger partial charge in [0.2, 0.25) is 5.91 Å². The molecule has 0 bridgehead atoms. The topological polar surface area (TPSA) is 93.4 Å². The van der Waals surface area contributed by atoms with E-state index >= 15 is 0 Å². The summed E-state index contributed by atoms with van der Waals surface area (Å²) in [5, 5.41) is 6.07. The van der Waals surface area contributed by atoms with Gasteiger partial charge in [-0.15, -0.1) is 0 Å². The van der Waals surface area contributed by atoms with Gasteiger partial charge in [0.1, 0.15) is 5.75 Å². The Hall–Kier alpha value is -3.02. The largest absolute Gasteiger partial charge is 0.484 e. The molecule has 0 aliphatic rings. The molecule has 0 unspecified atom stereocenters. The van der Waals surface area contributed by atoms with E-state index in [1.165, 1.54) is 11.1 Å². The number of carbonyl (C=O) groups is 2. The highest BCUT2D eigenvalue weighted by Crippen LogP contribution is 2.16. The summed E-state index contributed by atoms with van der Waals surface area (Å²) in [6, 6.07) is 13.0. The Kier molecular flexibility index (Phi) is 6.39. The minimum Gasteiger partial charge on any atom is -0.484 e. The van der Waals surface area contributed by atoms with Crippen LogP contribution >= 0.6 is 0 Å². The van der Waals surface area contributed by atoms with E-state index in [0.29, 0.717) is 24.4 Å². The first kappa shape index (κ1) is 18.3. The fourth-order valence-corrected chi connectivity index (χ4v) is 2.41. The van der Waals surface area contributed by atoms with Crippen molar-refractivity contribution in [2.75, 3.05) is 23.8 Å². The van der Waals surface area contributed by atoms with Crippen molar-refractivity contribution in [3.05, 3.63) is 53.6 Å². The summed E-state index contributed by atoms with van der Waals surface area (Å²) in [7, 11) is 0. The van der Waals surface area contributed by atoms with Crippen LogP contribution < -0.4 is 21.1 Å². The molecule has 0 heterocycles. The first-order valence-corrected chi connectivity index (χ1v) is 8.05. The Morgan fingerprint density at radius 1 is 1.00 bits per heavy atom. The van der Waals surface area contributed by atoms with Crippen molar-refractivity contribution in [2.24, 2.45) is 5.73 Å². The van der Waals surface area contributed by atoms with Crippen molar-refractivity contribution in [3.63, 3.8) is 0 Å². The van der Waals surface area contributed by atoms with Gasteiger partial charge in [0.25, 0.3) is 5.91 Å². The number of benzene rings is 2. The van der Waals surface area contributed by atoms with E-state index in [4.69, 9.17) is 10.5 Å². The summed E-state index contributed by atoms with van der Waals surface area (Å²) in [6.07, 6.45) is 0.354. The van der Waals surface area contributed by atoms with Crippen LogP contribution in [0.25, 0.3) is 0 Å². The molecule has 2 amide bonds. The van der Waals surface area contributed by atoms with Gasteiger partial charge in [-0.1, -0.05) is 6.07 Å². The summed E-state index contributed by atoms with van der Waals surface area (Å²) in [5.74, 6) is -0.0929. The lowest BCUT2D eigenvalue weighted by Gasteiger charge is -2.10. The molecule has 0 aliphatic heterocycles. The van der Waals surface area contributed by atoms with Gasteiger partial charge < -0.3 is 21.1 Å². The number of carbonyl (C=O) groups excluding carboxylic acids is 2. The van der Waals surface area contributed by atoms with E-state index in [9.17, 15) is 9.59 Å². The second kappa shape index (κ2) is 8.73. The Labute approximate surface area is 147 Å². The number of primary amides is 1. The van der Waals surface area contributed by atoms with Crippen LogP contribution in [-0.2, 0) is 9.59 Å². The zero-order chi connectivity index (χ0) is 18.2. The average Bonchev–Trinajstić information content (AvgIpc) is 2.53. The van der Waals surface area contributed by atoms with Crippen molar-refractivity contribution >= 4 is 23.2 Å². The summed E-state index contributed by atoms with van der Waals surface area (Å²) in [4.78, 5) is 22.7. The highest BCUT2D eigenvalue weighted by Gasteiger charge is 2.04. The summed E-state index contributed by atoms with van der Waals surface area (Å²) < 4.78 is 5.16. The molecule has 0 saturated heterocycles. The Morgan fingerprint density at radius 2 is 1.64 bits per heavy atom. The third-order valence-electron chi connectivity index (χ3n) is 3.42. The number of amides is 2. The van der Waals surface area contributed by atoms with Crippen LogP contribution in [0, 0.1) is 13.8 Å². The second-order valence-electron chi connectivity index (χ2n) is 5.88. The number of ether oxygens (including phenoxy) is 1. The maximum absolute atomic E-state index is 12.0. The molecule has 2 aromatic rings.